The monoisotopic (exact) mass is 360 g/mol. The summed E-state index contributed by atoms with van der Waals surface area (Å²) in [5, 5.41) is 0. The summed E-state index contributed by atoms with van der Waals surface area (Å²) in [7, 11) is -4.75. The highest BCUT2D eigenvalue weighted by molar-refractivity contribution is 7.85. The van der Waals surface area contributed by atoms with E-state index in [4.69, 9.17) is 0 Å². The van der Waals surface area contributed by atoms with Crippen molar-refractivity contribution < 1.29 is 13.0 Å². The fourth-order valence-corrected chi connectivity index (χ4v) is 8.78. The normalized spacial score (nSPS) is 11.7. The molecule has 23 heavy (non-hydrogen) atoms. The molecule has 0 radical (unpaired) electrons. The van der Waals surface area contributed by atoms with Crippen molar-refractivity contribution in [3.8, 4) is 0 Å². The van der Waals surface area contributed by atoms with Crippen LogP contribution in [0.3, 0.4) is 0 Å². The van der Waals surface area contributed by atoms with Gasteiger partial charge in [-0.15, -0.1) is 0 Å². The van der Waals surface area contributed by atoms with E-state index in [1.165, 1.54) is 49.9 Å². The Kier molecular flexibility index (Phi) is 11.8. The van der Waals surface area contributed by atoms with Crippen molar-refractivity contribution in [2.75, 3.05) is 24.6 Å². The van der Waals surface area contributed by atoms with Crippen LogP contribution in [0, 0.1) is 0 Å². The topological polar surface area (TPSA) is 57.2 Å². The molecule has 0 N–H and O–H groups in total. The molecule has 0 fully saturated rings. The molecule has 0 atom stereocenters. The van der Waals surface area contributed by atoms with E-state index < -0.39 is 17.4 Å². The van der Waals surface area contributed by atoms with Gasteiger partial charge in [-0.25, -0.2) is 8.42 Å². The number of hydrogen-bond acceptors (Lipinski definition) is 3. The molecule has 0 saturated carbocycles. The molecule has 0 aliphatic carbocycles. The number of benzene rings is 1. The molecular weight excluding hydrogens is 327 g/mol. The van der Waals surface area contributed by atoms with Gasteiger partial charge in [-0.3, -0.25) is 0 Å². The Morgan fingerprint density at radius 3 is 1.35 bits per heavy atom. The first-order chi connectivity index (χ1) is 10.8. The Morgan fingerprint density at radius 1 is 0.783 bits per heavy atom. The first kappa shape index (κ1) is 22.6. The standard InChI is InChI=1S/C12H28P.C6H6O3S/c1-5-9-13(10-6-2,11-7-3)12-8-4;7-10(8,9)6-4-2-1-3-5-6/h5-12H2,1-4H3;1-5H,(H,7,8,9)/q+1;/p-1. The Hall–Kier alpha value is -0.440. The van der Waals surface area contributed by atoms with Gasteiger partial charge in [0.15, 0.2) is 0 Å². The van der Waals surface area contributed by atoms with Gasteiger partial charge in [-0.05, 0) is 37.8 Å². The van der Waals surface area contributed by atoms with Crippen LogP contribution in [0.15, 0.2) is 35.2 Å². The third kappa shape index (κ3) is 9.44. The predicted molar refractivity (Wildman–Crippen MR) is 102 cm³/mol. The van der Waals surface area contributed by atoms with Gasteiger partial charge in [0.2, 0.25) is 0 Å². The van der Waals surface area contributed by atoms with Crippen molar-refractivity contribution in [1.29, 1.82) is 0 Å². The van der Waals surface area contributed by atoms with Gasteiger partial charge >= 0.3 is 0 Å². The largest absolute Gasteiger partial charge is 0.744 e. The van der Waals surface area contributed by atoms with E-state index in [9.17, 15) is 13.0 Å². The van der Waals surface area contributed by atoms with Crippen LogP contribution >= 0.6 is 7.26 Å². The van der Waals surface area contributed by atoms with Crippen LogP contribution in [0.5, 0.6) is 0 Å². The quantitative estimate of drug-likeness (QED) is 0.447. The molecule has 5 heteroatoms. The minimum Gasteiger partial charge on any atom is -0.744 e. The molecule has 0 saturated heterocycles. The molecule has 0 bridgehead atoms. The number of hydrogen-bond donors (Lipinski definition) is 0. The van der Waals surface area contributed by atoms with E-state index in [1.807, 2.05) is 0 Å². The second kappa shape index (κ2) is 12.0. The molecule has 0 aliphatic rings. The summed E-state index contributed by atoms with van der Waals surface area (Å²) in [6.07, 6.45) is 11.9. The summed E-state index contributed by atoms with van der Waals surface area (Å²) in [4.78, 5) is -0.185. The van der Waals surface area contributed by atoms with Gasteiger partial charge in [0.05, 0.1) is 29.5 Å². The van der Waals surface area contributed by atoms with Crippen LogP contribution in [-0.2, 0) is 10.1 Å². The maximum absolute atomic E-state index is 10.3. The lowest BCUT2D eigenvalue weighted by molar-refractivity contribution is 0.463. The molecule has 0 aromatic heterocycles. The fourth-order valence-electron chi connectivity index (χ4n) is 3.16. The molecule has 0 spiro atoms. The summed E-state index contributed by atoms with van der Waals surface area (Å²) < 4.78 is 30.8. The van der Waals surface area contributed by atoms with Crippen LogP contribution in [0.2, 0.25) is 0 Å². The van der Waals surface area contributed by atoms with E-state index >= 15 is 0 Å². The minimum absolute atomic E-state index is 0.185. The van der Waals surface area contributed by atoms with E-state index in [1.54, 1.807) is 30.7 Å². The van der Waals surface area contributed by atoms with Crippen molar-refractivity contribution in [3.63, 3.8) is 0 Å². The van der Waals surface area contributed by atoms with Gasteiger partial charge in [0, 0.05) is 7.26 Å². The summed E-state index contributed by atoms with van der Waals surface area (Å²) in [5.74, 6) is 0. The third-order valence-corrected chi connectivity index (χ3v) is 10.3. The van der Waals surface area contributed by atoms with Crippen LogP contribution in [0.25, 0.3) is 0 Å². The van der Waals surface area contributed by atoms with Gasteiger partial charge in [0.25, 0.3) is 0 Å². The van der Waals surface area contributed by atoms with Crippen molar-refractivity contribution >= 4 is 17.4 Å². The summed E-state index contributed by atoms with van der Waals surface area (Å²) in [5.41, 5.74) is 0. The zero-order valence-corrected chi connectivity index (χ0v) is 16.8. The van der Waals surface area contributed by atoms with Crippen LogP contribution in [-0.4, -0.2) is 37.6 Å². The summed E-state index contributed by atoms with van der Waals surface area (Å²) >= 11 is 0. The van der Waals surface area contributed by atoms with Crippen molar-refractivity contribution in [2.24, 2.45) is 0 Å². The Morgan fingerprint density at radius 2 is 1.13 bits per heavy atom. The smallest absolute Gasteiger partial charge is 0.124 e. The molecule has 0 amide bonds. The zero-order chi connectivity index (χ0) is 17.8. The van der Waals surface area contributed by atoms with E-state index in [0.717, 1.165) is 0 Å². The van der Waals surface area contributed by atoms with E-state index in [0.29, 0.717) is 0 Å². The second-order valence-electron chi connectivity index (χ2n) is 6.00. The molecule has 0 unspecified atom stereocenters. The highest BCUT2D eigenvalue weighted by Crippen LogP contribution is 2.60. The second-order valence-corrected chi connectivity index (χ2v) is 11.9. The lowest BCUT2D eigenvalue weighted by Crippen LogP contribution is -2.10. The number of rotatable bonds is 9. The molecule has 1 aromatic carbocycles. The molecule has 3 nitrogen and oxygen atoms in total. The third-order valence-electron chi connectivity index (χ3n) is 3.82. The summed E-state index contributed by atoms with van der Waals surface area (Å²) in [6.45, 7) is 9.43. The maximum atomic E-state index is 10.3. The summed E-state index contributed by atoms with van der Waals surface area (Å²) in [6, 6.07) is 7.19. The van der Waals surface area contributed by atoms with E-state index in [-0.39, 0.29) is 4.90 Å². The zero-order valence-electron chi connectivity index (χ0n) is 15.1. The molecule has 1 aromatic rings. The highest BCUT2D eigenvalue weighted by Gasteiger charge is 2.32. The van der Waals surface area contributed by atoms with Crippen LogP contribution in [0.4, 0.5) is 0 Å². The van der Waals surface area contributed by atoms with Crippen LogP contribution < -0.4 is 0 Å². The fraction of sp³-hybridized carbons (Fsp3) is 0.667. The van der Waals surface area contributed by atoms with Gasteiger partial charge in [0.1, 0.15) is 10.1 Å². The maximum Gasteiger partial charge on any atom is 0.124 e. The minimum atomic E-state index is -4.25. The Bertz CT molecular complexity index is 471. The highest BCUT2D eigenvalue weighted by atomic mass is 32.2. The average Bonchev–Trinajstić information content (AvgIpc) is 2.49. The molecule has 0 aliphatic heterocycles. The lowest BCUT2D eigenvalue weighted by atomic mass is 10.4. The first-order valence-corrected chi connectivity index (χ1v) is 12.6. The van der Waals surface area contributed by atoms with Crippen molar-refractivity contribution in [1.82, 2.24) is 0 Å². The van der Waals surface area contributed by atoms with Gasteiger partial charge in [-0.2, -0.15) is 0 Å². The first-order valence-electron chi connectivity index (χ1n) is 8.71. The molecular formula is C18H33O3PS. The molecule has 0 heterocycles. The van der Waals surface area contributed by atoms with Crippen LogP contribution in [0.1, 0.15) is 53.4 Å². The molecule has 1 rings (SSSR count). The average molecular weight is 360 g/mol. The van der Waals surface area contributed by atoms with Crippen molar-refractivity contribution in [2.45, 2.75) is 58.3 Å². The Balaban J connectivity index is 0.000000433. The SMILES string of the molecule is CCC[P+](CCC)(CCC)CCC.O=S(=O)([O-])c1ccccc1. The predicted octanol–water partition coefficient (Wildman–Crippen LogP) is 5.23. The van der Waals surface area contributed by atoms with Gasteiger partial charge < -0.3 is 4.55 Å². The van der Waals surface area contributed by atoms with Gasteiger partial charge in [-0.1, -0.05) is 45.9 Å². The van der Waals surface area contributed by atoms with E-state index in [2.05, 4.69) is 27.7 Å². The Labute approximate surface area is 144 Å². The lowest BCUT2D eigenvalue weighted by Gasteiger charge is -2.26. The molecule has 134 valence electrons. The van der Waals surface area contributed by atoms with Crippen molar-refractivity contribution in [3.05, 3.63) is 30.3 Å².